The van der Waals surface area contributed by atoms with Crippen LogP contribution in [-0.2, 0) is 20.3 Å². The van der Waals surface area contributed by atoms with Crippen LogP contribution in [0.1, 0.15) is 10.4 Å². The van der Waals surface area contributed by atoms with Gasteiger partial charge >= 0.3 is 5.97 Å². The van der Waals surface area contributed by atoms with Crippen molar-refractivity contribution in [1.82, 2.24) is 5.32 Å². The fourth-order valence-electron chi connectivity index (χ4n) is 2.02. The highest BCUT2D eigenvalue weighted by Gasteiger charge is 2.15. The maximum absolute atomic E-state index is 12.0. The summed E-state index contributed by atoms with van der Waals surface area (Å²) < 4.78 is 22.0. The summed E-state index contributed by atoms with van der Waals surface area (Å²) in [7, 11) is -1.32. The Hall–Kier alpha value is -2.67. The summed E-state index contributed by atoms with van der Waals surface area (Å²) in [5.41, 5.74) is 0.198. The van der Waals surface area contributed by atoms with E-state index in [-0.39, 0.29) is 5.56 Å². The molecule has 0 fully saturated rings. The molecule has 2 aromatic rings. The van der Waals surface area contributed by atoms with Crippen molar-refractivity contribution in [1.29, 1.82) is 0 Å². The summed E-state index contributed by atoms with van der Waals surface area (Å²) >= 11 is 0. The van der Waals surface area contributed by atoms with Crippen LogP contribution < -0.4 is 10.1 Å². The molecule has 0 spiro atoms. The number of hydrogen-bond acceptors (Lipinski definition) is 5. The number of rotatable bonds is 8. The lowest BCUT2D eigenvalue weighted by Crippen LogP contribution is -2.32. The van der Waals surface area contributed by atoms with Gasteiger partial charge in [0.15, 0.2) is 6.61 Å². The number of esters is 1. The van der Waals surface area contributed by atoms with Gasteiger partial charge in [-0.15, -0.1) is 0 Å². The van der Waals surface area contributed by atoms with Gasteiger partial charge in [0.2, 0.25) is 0 Å². The lowest BCUT2D eigenvalue weighted by atomic mass is 10.2. The first-order valence-corrected chi connectivity index (χ1v) is 9.18. The zero-order chi connectivity index (χ0) is 18.1. The highest BCUT2D eigenvalue weighted by molar-refractivity contribution is 7.84. The summed E-state index contributed by atoms with van der Waals surface area (Å²) in [6.07, 6.45) is 1.48. The molecule has 0 heterocycles. The van der Waals surface area contributed by atoms with E-state index in [1.54, 1.807) is 18.2 Å². The molecule has 0 saturated heterocycles. The Morgan fingerprint density at radius 3 is 2.44 bits per heavy atom. The number of para-hydroxylation sites is 1. The Morgan fingerprint density at radius 1 is 1.04 bits per heavy atom. The molecule has 7 heteroatoms. The van der Waals surface area contributed by atoms with E-state index in [2.05, 4.69) is 5.32 Å². The second-order valence-electron chi connectivity index (χ2n) is 5.04. The largest absolute Gasteiger partial charge is 0.492 e. The summed E-state index contributed by atoms with van der Waals surface area (Å²) in [4.78, 5) is 24.1. The molecule has 0 aliphatic heterocycles. The monoisotopic (exact) mass is 361 g/mol. The van der Waals surface area contributed by atoms with Crippen molar-refractivity contribution in [2.75, 3.05) is 26.0 Å². The molecule has 6 nitrogen and oxygen atoms in total. The van der Waals surface area contributed by atoms with Crippen molar-refractivity contribution < 1.29 is 23.3 Å². The minimum atomic E-state index is -1.32. The number of carbonyl (C=O) groups is 2. The number of nitrogens with one attached hydrogen (secondary N) is 1. The van der Waals surface area contributed by atoms with Gasteiger partial charge in [-0.25, -0.2) is 4.79 Å². The topological polar surface area (TPSA) is 81.7 Å². The van der Waals surface area contributed by atoms with Crippen LogP contribution in [0.2, 0.25) is 0 Å². The van der Waals surface area contributed by atoms with Gasteiger partial charge in [-0.2, -0.15) is 0 Å². The first-order chi connectivity index (χ1) is 12.1. The Morgan fingerprint density at radius 2 is 1.72 bits per heavy atom. The van der Waals surface area contributed by atoms with Gasteiger partial charge in [-0.05, 0) is 24.3 Å². The van der Waals surface area contributed by atoms with Crippen LogP contribution in [0.25, 0.3) is 0 Å². The Kier molecular flexibility index (Phi) is 7.16. The van der Waals surface area contributed by atoms with E-state index in [1.807, 2.05) is 30.3 Å². The van der Waals surface area contributed by atoms with Crippen LogP contribution in [0.4, 0.5) is 0 Å². The first kappa shape index (κ1) is 18.7. The van der Waals surface area contributed by atoms with Gasteiger partial charge in [-0.1, -0.05) is 30.3 Å². The highest BCUT2D eigenvalue weighted by Crippen LogP contribution is 2.13. The summed E-state index contributed by atoms with van der Waals surface area (Å²) in [5.74, 6) is -0.394. The van der Waals surface area contributed by atoms with Crippen LogP contribution >= 0.6 is 0 Å². The van der Waals surface area contributed by atoms with E-state index in [9.17, 15) is 13.8 Å². The molecule has 0 aliphatic carbocycles. The fourth-order valence-corrected chi connectivity index (χ4v) is 2.75. The average molecular weight is 361 g/mol. The van der Waals surface area contributed by atoms with Crippen LogP contribution in [0.5, 0.6) is 5.75 Å². The molecule has 0 aromatic heterocycles. The molecule has 0 bridgehead atoms. The van der Waals surface area contributed by atoms with E-state index in [0.29, 0.717) is 23.8 Å². The van der Waals surface area contributed by atoms with E-state index in [4.69, 9.17) is 9.47 Å². The van der Waals surface area contributed by atoms with Gasteiger partial charge in [-0.3, -0.25) is 9.00 Å². The molecule has 0 radical (unpaired) electrons. The lowest BCUT2D eigenvalue weighted by Gasteiger charge is -2.09. The SMILES string of the molecule is C[S@](=O)c1ccccc1C(=O)OCC(=O)NCCOc1ccccc1. The van der Waals surface area contributed by atoms with Crippen LogP contribution in [0, 0.1) is 0 Å². The van der Waals surface area contributed by atoms with Gasteiger partial charge in [0, 0.05) is 6.26 Å². The molecule has 1 N–H and O–H groups in total. The van der Waals surface area contributed by atoms with Gasteiger partial charge in [0.25, 0.3) is 5.91 Å². The standard InChI is InChI=1S/C18H19NO5S/c1-25(22)16-10-6-5-9-15(16)18(21)24-13-17(20)19-11-12-23-14-7-3-2-4-8-14/h2-10H,11-13H2,1H3,(H,19,20)/t25-/m0/s1. The quantitative estimate of drug-likeness (QED) is 0.572. The molecular weight excluding hydrogens is 342 g/mol. The van der Waals surface area contributed by atoms with E-state index >= 15 is 0 Å². The third-order valence-electron chi connectivity index (χ3n) is 3.19. The second-order valence-corrected chi connectivity index (χ2v) is 6.39. The lowest BCUT2D eigenvalue weighted by molar-refractivity contribution is -0.124. The van der Waals surface area contributed by atoms with Crippen molar-refractivity contribution in [2.45, 2.75) is 4.90 Å². The molecule has 1 atom stereocenters. The molecule has 2 rings (SSSR count). The Balaban J connectivity index is 1.73. The summed E-state index contributed by atoms with van der Waals surface area (Å²) in [6, 6.07) is 15.7. The van der Waals surface area contributed by atoms with Crippen molar-refractivity contribution in [2.24, 2.45) is 0 Å². The molecule has 0 aliphatic rings. The van der Waals surface area contributed by atoms with E-state index in [0.717, 1.165) is 0 Å². The number of hydrogen-bond donors (Lipinski definition) is 1. The minimum Gasteiger partial charge on any atom is -0.492 e. The molecular formula is C18H19NO5S. The van der Waals surface area contributed by atoms with Crippen molar-refractivity contribution in [3.05, 3.63) is 60.2 Å². The van der Waals surface area contributed by atoms with Crippen LogP contribution in [0.3, 0.4) is 0 Å². The first-order valence-electron chi connectivity index (χ1n) is 7.62. The Labute approximate surface area is 148 Å². The van der Waals surface area contributed by atoms with Gasteiger partial charge in [0.05, 0.1) is 27.8 Å². The number of amides is 1. The number of carbonyl (C=O) groups excluding carboxylic acids is 2. The molecule has 1 amide bonds. The van der Waals surface area contributed by atoms with E-state index < -0.39 is 29.3 Å². The maximum atomic E-state index is 12.0. The van der Waals surface area contributed by atoms with E-state index in [1.165, 1.54) is 12.3 Å². The van der Waals surface area contributed by atoms with Gasteiger partial charge in [0.1, 0.15) is 12.4 Å². The van der Waals surface area contributed by atoms with Crippen molar-refractivity contribution in [3.8, 4) is 5.75 Å². The van der Waals surface area contributed by atoms with Crippen LogP contribution in [0.15, 0.2) is 59.5 Å². The molecule has 0 saturated carbocycles. The summed E-state index contributed by atoms with van der Waals surface area (Å²) in [5, 5.41) is 2.60. The predicted molar refractivity (Wildman–Crippen MR) is 94.0 cm³/mol. The smallest absolute Gasteiger partial charge is 0.339 e. The third-order valence-corrected chi connectivity index (χ3v) is 4.16. The number of ether oxygens (including phenoxy) is 2. The molecule has 0 unspecified atom stereocenters. The van der Waals surface area contributed by atoms with Crippen molar-refractivity contribution in [3.63, 3.8) is 0 Å². The minimum absolute atomic E-state index is 0.198. The average Bonchev–Trinajstić information content (AvgIpc) is 2.64. The highest BCUT2D eigenvalue weighted by atomic mass is 32.2. The van der Waals surface area contributed by atoms with Crippen LogP contribution in [-0.4, -0.2) is 42.1 Å². The second kappa shape index (κ2) is 9.58. The zero-order valence-corrected chi connectivity index (χ0v) is 14.6. The third kappa shape index (κ3) is 6.04. The predicted octanol–water partition coefficient (Wildman–Crippen LogP) is 1.78. The normalized spacial score (nSPS) is 11.4. The molecule has 2 aromatic carbocycles. The Bertz CT molecular complexity index is 748. The molecule has 132 valence electrons. The fraction of sp³-hybridized carbons (Fsp3) is 0.222. The zero-order valence-electron chi connectivity index (χ0n) is 13.8. The summed E-state index contributed by atoms with van der Waals surface area (Å²) in [6.45, 7) is 0.192. The van der Waals surface area contributed by atoms with Gasteiger partial charge < -0.3 is 14.8 Å². The maximum Gasteiger partial charge on any atom is 0.339 e. The number of benzene rings is 2. The van der Waals surface area contributed by atoms with Crippen molar-refractivity contribution >= 4 is 22.7 Å². The molecule has 25 heavy (non-hydrogen) atoms.